The number of halogens is 3. The summed E-state index contributed by atoms with van der Waals surface area (Å²) in [5.41, 5.74) is 4.35. The van der Waals surface area contributed by atoms with Gasteiger partial charge in [0, 0.05) is 10.6 Å². The van der Waals surface area contributed by atoms with E-state index in [1.54, 1.807) is 11.8 Å². The quantitative estimate of drug-likeness (QED) is 0.405. The van der Waals surface area contributed by atoms with Crippen LogP contribution in [0.5, 0.6) is 5.75 Å². The summed E-state index contributed by atoms with van der Waals surface area (Å²) in [6, 6.07) is 16.8. The van der Waals surface area contributed by atoms with E-state index in [9.17, 15) is 18.0 Å². The maximum absolute atomic E-state index is 12.8. The van der Waals surface area contributed by atoms with Crippen LogP contribution in [0.3, 0.4) is 0 Å². The number of hydrogen-bond donors (Lipinski definition) is 1. The zero-order valence-electron chi connectivity index (χ0n) is 17.1. The van der Waals surface area contributed by atoms with E-state index in [0.29, 0.717) is 5.75 Å². The predicted octanol–water partition coefficient (Wildman–Crippen LogP) is 6.62. The fraction of sp³-hybridized carbons (Fsp3) is 0.240. The second-order valence-corrected chi connectivity index (χ2v) is 8.64. The summed E-state index contributed by atoms with van der Waals surface area (Å²) in [4.78, 5) is 12.0. The van der Waals surface area contributed by atoms with E-state index in [4.69, 9.17) is 9.84 Å². The number of ether oxygens (including phenoxy) is 1. The summed E-state index contributed by atoms with van der Waals surface area (Å²) in [7, 11) is 0. The van der Waals surface area contributed by atoms with E-state index in [-0.39, 0.29) is 6.61 Å². The molecule has 0 bridgehead atoms. The number of hydrogen-bond acceptors (Lipinski definition) is 3. The van der Waals surface area contributed by atoms with Crippen molar-refractivity contribution in [1.82, 2.24) is 0 Å². The largest absolute Gasteiger partial charge is 0.482 e. The molecule has 3 aromatic carbocycles. The van der Waals surface area contributed by atoms with Crippen LogP contribution in [0, 0.1) is 0 Å². The fourth-order valence-electron chi connectivity index (χ4n) is 3.90. The van der Waals surface area contributed by atoms with E-state index >= 15 is 0 Å². The first-order valence-electron chi connectivity index (χ1n) is 10.2. The van der Waals surface area contributed by atoms with Gasteiger partial charge in [-0.25, -0.2) is 4.79 Å². The Bertz CT molecular complexity index is 1120. The highest BCUT2D eigenvalue weighted by molar-refractivity contribution is 7.98. The van der Waals surface area contributed by atoms with Crippen molar-refractivity contribution < 1.29 is 27.8 Å². The number of rotatable bonds is 7. The molecule has 0 unspecified atom stereocenters. The van der Waals surface area contributed by atoms with Crippen LogP contribution in [0.25, 0.3) is 11.1 Å². The van der Waals surface area contributed by atoms with Gasteiger partial charge in [-0.05, 0) is 71.3 Å². The van der Waals surface area contributed by atoms with Gasteiger partial charge in [0.15, 0.2) is 6.61 Å². The van der Waals surface area contributed by atoms with E-state index in [1.807, 2.05) is 36.4 Å². The average Bonchev–Trinajstić information content (AvgIpc) is 3.27. The molecule has 3 aromatic rings. The second kappa shape index (κ2) is 9.28. The van der Waals surface area contributed by atoms with Gasteiger partial charge in [0.05, 0.1) is 5.56 Å². The standard InChI is InChI=1S/C25H21F3O3S/c26-25(27,28)19-9-7-17(8-10-19)18-4-1-3-16(13-18)15-32-23-12-11-22(31-14-24(29)30)20-5-2-6-21(20)23/h1,3-4,7-13H,2,5-6,14-15H2,(H,29,30). The first kappa shape index (κ1) is 22.3. The zero-order valence-corrected chi connectivity index (χ0v) is 17.9. The molecule has 32 heavy (non-hydrogen) atoms. The average molecular weight is 459 g/mol. The van der Waals surface area contributed by atoms with Crippen LogP contribution in [-0.2, 0) is 29.6 Å². The third kappa shape index (κ3) is 5.10. The second-order valence-electron chi connectivity index (χ2n) is 7.62. The van der Waals surface area contributed by atoms with Gasteiger partial charge in [0.2, 0.25) is 0 Å². The summed E-state index contributed by atoms with van der Waals surface area (Å²) in [6.07, 6.45) is -1.51. The first-order valence-corrected chi connectivity index (χ1v) is 11.2. The lowest BCUT2D eigenvalue weighted by atomic mass is 10.0. The van der Waals surface area contributed by atoms with Gasteiger partial charge < -0.3 is 9.84 Å². The number of alkyl halides is 3. The molecule has 1 N–H and O–H groups in total. The monoisotopic (exact) mass is 458 g/mol. The maximum atomic E-state index is 12.8. The van der Waals surface area contributed by atoms with Crippen LogP contribution >= 0.6 is 11.8 Å². The highest BCUT2D eigenvalue weighted by Crippen LogP contribution is 2.39. The highest BCUT2D eigenvalue weighted by Gasteiger charge is 2.30. The Balaban J connectivity index is 1.48. The Labute approximate surface area is 188 Å². The zero-order chi connectivity index (χ0) is 22.7. The van der Waals surface area contributed by atoms with Crippen LogP contribution in [-0.4, -0.2) is 17.7 Å². The summed E-state index contributed by atoms with van der Waals surface area (Å²) in [5, 5.41) is 8.86. The normalized spacial score (nSPS) is 13.1. The van der Waals surface area contributed by atoms with E-state index < -0.39 is 17.7 Å². The Kier molecular flexibility index (Phi) is 6.46. The summed E-state index contributed by atoms with van der Waals surface area (Å²) >= 11 is 1.70. The lowest BCUT2D eigenvalue weighted by molar-refractivity contribution is -0.139. The minimum Gasteiger partial charge on any atom is -0.482 e. The molecule has 1 aliphatic carbocycles. The summed E-state index contributed by atoms with van der Waals surface area (Å²) in [6.45, 7) is -0.352. The minimum atomic E-state index is -4.34. The van der Waals surface area contributed by atoms with Crippen molar-refractivity contribution in [2.75, 3.05) is 6.61 Å². The molecule has 0 aromatic heterocycles. The molecule has 0 heterocycles. The number of fused-ring (bicyclic) bond motifs is 1. The van der Waals surface area contributed by atoms with Crippen LogP contribution in [0.15, 0.2) is 65.6 Å². The Morgan fingerprint density at radius 1 is 0.969 bits per heavy atom. The van der Waals surface area contributed by atoms with Crippen molar-refractivity contribution in [3.05, 3.63) is 82.9 Å². The maximum Gasteiger partial charge on any atom is 0.416 e. The van der Waals surface area contributed by atoms with Crippen molar-refractivity contribution in [2.45, 2.75) is 36.1 Å². The van der Waals surface area contributed by atoms with Crippen molar-refractivity contribution in [3.63, 3.8) is 0 Å². The smallest absolute Gasteiger partial charge is 0.416 e. The van der Waals surface area contributed by atoms with E-state index in [2.05, 4.69) is 0 Å². The number of benzene rings is 3. The van der Waals surface area contributed by atoms with Gasteiger partial charge >= 0.3 is 12.1 Å². The van der Waals surface area contributed by atoms with Gasteiger partial charge in [-0.15, -0.1) is 11.8 Å². The van der Waals surface area contributed by atoms with Crippen molar-refractivity contribution in [1.29, 1.82) is 0 Å². The molecule has 0 fully saturated rings. The molecule has 0 spiro atoms. The SMILES string of the molecule is O=C(O)COc1ccc(SCc2cccc(-c3ccc(C(F)(F)F)cc3)c2)c2c1CCC2. The Hall–Kier alpha value is -2.93. The molecule has 0 saturated carbocycles. The topological polar surface area (TPSA) is 46.5 Å². The summed E-state index contributed by atoms with van der Waals surface area (Å²) in [5.74, 6) is 0.368. The van der Waals surface area contributed by atoms with Gasteiger partial charge in [0.1, 0.15) is 5.75 Å². The molecule has 0 amide bonds. The predicted molar refractivity (Wildman–Crippen MR) is 118 cm³/mol. The van der Waals surface area contributed by atoms with Crippen LogP contribution < -0.4 is 4.74 Å². The molecule has 3 nitrogen and oxygen atoms in total. The molecule has 0 atom stereocenters. The first-order chi connectivity index (χ1) is 15.3. The lowest BCUT2D eigenvalue weighted by Gasteiger charge is -2.13. The molecular formula is C25H21F3O3S. The number of carboxylic acid groups (broad SMARTS) is 1. The Morgan fingerprint density at radius 2 is 1.72 bits per heavy atom. The number of thioether (sulfide) groups is 1. The number of aliphatic carboxylic acids is 1. The van der Waals surface area contributed by atoms with Crippen molar-refractivity contribution in [2.24, 2.45) is 0 Å². The van der Waals surface area contributed by atoms with Gasteiger partial charge in [-0.2, -0.15) is 13.2 Å². The van der Waals surface area contributed by atoms with E-state index in [0.717, 1.165) is 64.3 Å². The Morgan fingerprint density at radius 3 is 2.44 bits per heavy atom. The number of carbonyl (C=O) groups is 1. The molecule has 0 saturated heterocycles. The molecule has 0 radical (unpaired) electrons. The molecular weight excluding hydrogens is 437 g/mol. The van der Waals surface area contributed by atoms with Crippen LogP contribution in [0.1, 0.15) is 28.7 Å². The van der Waals surface area contributed by atoms with E-state index in [1.165, 1.54) is 17.7 Å². The lowest BCUT2D eigenvalue weighted by Crippen LogP contribution is -2.10. The summed E-state index contributed by atoms with van der Waals surface area (Å²) < 4.78 is 43.9. The molecule has 7 heteroatoms. The molecule has 166 valence electrons. The molecule has 1 aliphatic rings. The highest BCUT2D eigenvalue weighted by atomic mass is 32.2. The fourth-order valence-corrected chi connectivity index (χ4v) is 4.97. The van der Waals surface area contributed by atoms with Crippen LogP contribution in [0.4, 0.5) is 13.2 Å². The minimum absolute atomic E-state index is 0.352. The third-order valence-corrected chi connectivity index (χ3v) is 6.59. The molecule has 0 aliphatic heterocycles. The number of carboxylic acids is 1. The van der Waals surface area contributed by atoms with Gasteiger partial charge in [-0.3, -0.25) is 0 Å². The molecule has 4 rings (SSSR count). The van der Waals surface area contributed by atoms with Crippen LogP contribution in [0.2, 0.25) is 0 Å². The van der Waals surface area contributed by atoms with Gasteiger partial charge in [0.25, 0.3) is 0 Å². The van der Waals surface area contributed by atoms with Crippen molar-refractivity contribution in [3.8, 4) is 16.9 Å². The van der Waals surface area contributed by atoms with Crippen molar-refractivity contribution >= 4 is 17.7 Å². The van der Waals surface area contributed by atoms with Gasteiger partial charge in [-0.1, -0.05) is 36.4 Å². The third-order valence-electron chi connectivity index (χ3n) is 5.42.